The van der Waals surface area contributed by atoms with E-state index in [0.717, 1.165) is 11.1 Å². The van der Waals surface area contributed by atoms with Crippen molar-refractivity contribution in [3.63, 3.8) is 0 Å². The summed E-state index contributed by atoms with van der Waals surface area (Å²) in [6, 6.07) is 22.4. The molecule has 0 aromatic heterocycles. The van der Waals surface area contributed by atoms with Gasteiger partial charge < -0.3 is 5.32 Å². The fraction of sp³-hybridized carbons (Fsp3) is 0.0476. The average Bonchev–Trinajstić information content (AvgIpc) is 2.69. The number of rotatable bonds is 6. The van der Waals surface area contributed by atoms with Gasteiger partial charge in [0.2, 0.25) is 5.91 Å². The number of amides is 1. The molecule has 1 N–H and O–H groups in total. The third-order valence-electron chi connectivity index (χ3n) is 4.00. The first-order valence-corrected chi connectivity index (χ1v) is 8.26. The topological polar surface area (TPSA) is 89.3 Å². The molecule has 3 aromatic rings. The molecule has 27 heavy (non-hydrogen) atoms. The van der Waals surface area contributed by atoms with Crippen molar-refractivity contribution in [2.24, 2.45) is 0 Å². The van der Waals surface area contributed by atoms with Crippen molar-refractivity contribution in [1.29, 1.82) is 0 Å². The molecule has 0 heterocycles. The summed E-state index contributed by atoms with van der Waals surface area (Å²) < 4.78 is 0. The molecule has 0 saturated heterocycles. The van der Waals surface area contributed by atoms with Gasteiger partial charge in [0.25, 0.3) is 5.69 Å². The predicted octanol–water partition coefficient (Wildman–Crippen LogP) is 4.47. The van der Waals surface area contributed by atoms with E-state index in [1.165, 1.54) is 24.3 Å². The highest BCUT2D eigenvalue weighted by Crippen LogP contribution is 2.21. The van der Waals surface area contributed by atoms with Crippen LogP contribution in [0, 0.1) is 10.1 Å². The lowest BCUT2D eigenvalue weighted by Gasteiger charge is -2.07. The molecule has 3 aromatic carbocycles. The van der Waals surface area contributed by atoms with Crippen molar-refractivity contribution in [3.05, 3.63) is 94.5 Å². The Morgan fingerprint density at radius 3 is 2.00 bits per heavy atom. The molecule has 0 saturated carbocycles. The fourth-order valence-electron chi connectivity index (χ4n) is 2.60. The molecular weight excluding hydrogens is 344 g/mol. The maximum Gasteiger partial charge on any atom is 0.269 e. The summed E-state index contributed by atoms with van der Waals surface area (Å²) in [5, 5.41) is 13.3. The Morgan fingerprint density at radius 2 is 1.41 bits per heavy atom. The third kappa shape index (κ3) is 4.64. The summed E-state index contributed by atoms with van der Waals surface area (Å²) >= 11 is 0. The van der Waals surface area contributed by atoms with Crippen molar-refractivity contribution in [3.8, 4) is 11.1 Å². The van der Waals surface area contributed by atoms with Crippen LogP contribution in [0.5, 0.6) is 0 Å². The number of nitrogens with one attached hydrogen (secondary N) is 1. The van der Waals surface area contributed by atoms with Crippen molar-refractivity contribution < 1.29 is 14.5 Å². The second-order valence-electron chi connectivity index (χ2n) is 5.90. The van der Waals surface area contributed by atoms with Crippen molar-refractivity contribution in [2.75, 3.05) is 5.32 Å². The van der Waals surface area contributed by atoms with Gasteiger partial charge in [-0.2, -0.15) is 0 Å². The summed E-state index contributed by atoms with van der Waals surface area (Å²) in [6.45, 7) is 0. The first-order chi connectivity index (χ1) is 13.0. The van der Waals surface area contributed by atoms with E-state index in [4.69, 9.17) is 0 Å². The molecule has 1 amide bonds. The van der Waals surface area contributed by atoms with Crippen LogP contribution in [0.1, 0.15) is 16.8 Å². The van der Waals surface area contributed by atoms with Crippen LogP contribution in [-0.4, -0.2) is 16.6 Å². The number of hydrogen-bond donors (Lipinski definition) is 1. The van der Waals surface area contributed by atoms with Crippen LogP contribution in [0.25, 0.3) is 11.1 Å². The number of nitrogens with zero attached hydrogens (tertiary/aromatic N) is 1. The lowest BCUT2D eigenvalue weighted by molar-refractivity contribution is -0.384. The van der Waals surface area contributed by atoms with E-state index in [0.29, 0.717) is 5.69 Å². The average molecular weight is 360 g/mol. The molecule has 0 fully saturated rings. The monoisotopic (exact) mass is 360 g/mol. The number of Topliss-reactive ketones (excluding diaryl/α,β-unsaturated/α-hetero) is 1. The maximum absolute atomic E-state index is 12.1. The minimum Gasteiger partial charge on any atom is -0.326 e. The highest BCUT2D eigenvalue weighted by Gasteiger charge is 2.14. The van der Waals surface area contributed by atoms with E-state index in [9.17, 15) is 19.7 Å². The van der Waals surface area contributed by atoms with Crippen LogP contribution in [0.4, 0.5) is 11.4 Å². The standard InChI is InChI=1S/C21H16N2O4/c24-20(17-8-12-19(13-9-17)23(26)27)14-21(25)22-18-10-6-16(7-11-18)15-4-2-1-3-5-15/h1-13H,14H2,(H,22,25). The van der Waals surface area contributed by atoms with E-state index >= 15 is 0 Å². The van der Waals surface area contributed by atoms with Gasteiger partial charge in [-0.1, -0.05) is 42.5 Å². The number of carbonyl (C=O) groups excluding carboxylic acids is 2. The third-order valence-corrected chi connectivity index (χ3v) is 4.00. The van der Waals surface area contributed by atoms with Gasteiger partial charge in [0.1, 0.15) is 0 Å². The SMILES string of the molecule is O=C(CC(=O)c1ccc([N+](=O)[O-])cc1)Nc1ccc(-c2ccccc2)cc1. The number of nitro groups is 1. The highest BCUT2D eigenvalue weighted by molar-refractivity contribution is 6.11. The molecule has 6 heteroatoms. The van der Waals surface area contributed by atoms with Crippen LogP contribution in [0.2, 0.25) is 0 Å². The molecule has 134 valence electrons. The molecule has 0 atom stereocenters. The summed E-state index contributed by atoms with van der Waals surface area (Å²) in [4.78, 5) is 34.3. The minimum atomic E-state index is -0.542. The van der Waals surface area contributed by atoms with Gasteiger partial charge in [-0.25, -0.2) is 0 Å². The Morgan fingerprint density at radius 1 is 0.815 bits per heavy atom. The van der Waals surface area contributed by atoms with Gasteiger partial charge in [0.05, 0.1) is 11.3 Å². The summed E-state index contributed by atoms with van der Waals surface area (Å²) in [5.74, 6) is -0.839. The van der Waals surface area contributed by atoms with Crippen molar-refractivity contribution in [2.45, 2.75) is 6.42 Å². The Balaban J connectivity index is 1.60. The van der Waals surface area contributed by atoms with Crippen molar-refractivity contribution in [1.82, 2.24) is 0 Å². The second kappa shape index (κ2) is 8.05. The van der Waals surface area contributed by atoms with Crippen LogP contribution < -0.4 is 5.32 Å². The molecule has 0 aliphatic heterocycles. The zero-order valence-electron chi connectivity index (χ0n) is 14.3. The van der Waals surface area contributed by atoms with Gasteiger partial charge in [0, 0.05) is 23.4 Å². The Labute approximate surface area is 155 Å². The number of ketones is 1. The van der Waals surface area contributed by atoms with Gasteiger partial charge >= 0.3 is 0 Å². The van der Waals surface area contributed by atoms with Crippen LogP contribution >= 0.6 is 0 Å². The summed E-state index contributed by atoms with van der Waals surface area (Å²) in [5.41, 5.74) is 2.85. The molecule has 0 aliphatic rings. The number of carbonyl (C=O) groups is 2. The van der Waals surface area contributed by atoms with Crippen LogP contribution in [0.15, 0.2) is 78.9 Å². The quantitative estimate of drug-likeness (QED) is 0.304. The normalized spacial score (nSPS) is 10.2. The molecule has 0 bridgehead atoms. The molecule has 0 spiro atoms. The zero-order valence-corrected chi connectivity index (χ0v) is 14.3. The van der Waals surface area contributed by atoms with Gasteiger partial charge in [-0.05, 0) is 35.4 Å². The molecule has 0 unspecified atom stereocenters. The van der Waals surface area contributed by atoms with E-state index < -0.39 is 16.6 Å². The fourth-order valence-corrected chi connectivity index (χ4v) is 2.60. The number of hydrogen-bond acceptors (Lipinski definition) is 4. The lowest BCUT2D eigenvalue weighted by atomic mass is 10.1. The Bertz CT molecular complexity index is 965. The van der Waals surface area contributed by atoms with E-state index in [-0.39, 0.29) is 17.7 Å². The minimum absolute atomic E-state index is 0.102. The van der Waals surface area contributed by atoms with Gasteiger partial charge in [-0.15, -0.1) is 0 Å². The molecule has 0 aliphatic carbocycles. The number of anilines is 1. The van der Waals surface area contributed by atoms with E-state index in [1.807, 2.05) is 42.5 Å². The predicted molar refractivity (Wildman–Crippen MR) is 103 cm³/mol. The van der Waals surface area contributed by atoms with Gasteiger partial charge in [-0.3, -0.25) is 19.7 Å². The first kappa shape index (κ1) is 18.0. The van der Waals surface area contributed by atoms with Crippen LogP contribution in [-0.2, 0) is 4.79 Å². The molecule has 3 rings (SSSR count). The number of benzene rings is 3. The second-order valence-corrected chi connectivity index (χ2v) is 5.90. The van der Waals surface area contributed by atoms with Crippen molar-refractivity contribution >= 4 is 23.1 Å². The smallest absolute Gasteiger partial charge is 0.269 e. The molecular formula is C21H16N2O4. The lowest BCUT2D eigenvalue weighted by Crippen LogP contribution is -2.16. The summed E-state index contributed by atoms with van der Waals surface area (Å²) in [7, 11) is 0. The Kier molecular flexibility index (Phi) is 5.37. The largest absolute Gasteiger partial charge is 0.326 e. The van der Waals surface area contributed by atoms with E-state index in [2.05, 4.69) is 5.32 Å². The number of nitro benzene ring substituents is 1. The Hall–Kier alpha value is -3.80. The maximum atomic E-state index is 12.1. The highest BCUT2D eigenvalue weighted by atomic mass is 16.6. The van der Waals surface area contributed by atoms with Gasteiger partial charge in [0.15, 0.2) is 5.78 Å². The zero-order chi connectivity index (χ0) is 19.2. The summed E-state index contributed by atoms with van der Waals surface area (Å²) in [6.07, 6.45) is -0.335. The number of non-ortho nitro benzene ring substituents is 1. The van der Waals surface area contributed by atoms with E-state index in [1.54, 1.807) is 12.1 Å². The molecule has 6 nitrogen and oxygen atoms in total. The first-order valence-electron chi connectivity index (χ1n) is 8.26. The molecule has 0 radical (unpaired) electrons. The van der Waals surface area contributed by atoms with Crippen LogP contribution in [0.3, 0.4) is 0 Å².